The van der Waals surface area contributed by atoms with Crippen molar-refractivity contribution >= 4 is 33.0 Å². The fraction of sp³-hybridized carbons (Fsp3) is 0.350. The predicted octanol–water partition coefficient (Wildman–Crippen LogP) is 3.08. The van der Waals surface area contributed by atoms with E-state index in [2.05, 4.69) is 4.98 Å². The van der Waals surface area contributed by atoms with Crippen LogP contribution >= 0.6 is 11.3 Å². The van der Waals surface area contributed by atoms with Gasteiger partial charge in [-0.05, 0) is 25.0 Å². The first-order valence-corrected chi connectivity index (χ1v) is 10.1. The molecule has 0 amide bonds. The Labute approximate surface area is 164 Å². The van der Waals surface area contributed by atoms with E-state index >= 15 is 0 Å². The van der Waals surface area contributed by atoms with Crippen LogP contribution in [0.2, 0.25) is 0 Å². The summed E-state index contributed by atoms with van der Waals surface area (Å²) in [6.45, 7) is 0. The number of nitrogens with zero attached hydrogens (tertiary/aromatic N) is 1. The van der Waals surface area contributed by atoms with Gasteiger partial charge in [-0.25, -0.2) is 4.79 Å². The number of benzene rings is 1. The van der Waals surface area contributed by atoms with Crippen molar-refractivity contribution < 1.29 is 9.53 Å². The van der Waals surface area contributed by atoms with Crippen molar-refractivity contribution in [3.8, 4) is 5.75 Å². The molecule has 0 spiro atoms. The zero-order valence-corrected chi connectivity index (χ0v) is 16.3. The molecule has 1 aromatic carbocycles. The van der Waals surface area contributed by atoms with Gasteiger partial charge in [0.2, 0.25) is 5.78 Å². The van der Waals surface area contributed by atoms with E-state index in [4.69, 9.17) is 10.5 Å². The van der Waals surface area contributed by atoms with Crippen LogP contribution in [0.3, 0.4) is 0 Å². The maximum absolute atomic E-state index is 13.1. The number of ether oxygens (including phenoxy) is 1. The van der Waals surface area contributed by atoms with Gasteiger partial charge in [0.25, 0.3) is 5.56 Å². The number of methoxy groups -OCH3 is 1. The number of hydrogen-bond donors (Lipinski definition) is 2. The lowest BCUT2D eigenvalue weighted by atomic mass is 9.95. The van der Waals surface area contributed by atoms with Gasteiger partial charge in [-0.1, -0.05) is 31.4 Å². The van der Waals surface area contributed by atoms with Gasteiger partial charge < -0.3 is 10.5 Å². The minimum absolute atomic E-state index is 0.0124. The molecule has 3 aromatic rings. The van der Waals surface area contributed by atoms with Crippen LogP contribution in [0.15, 0.2) is 33.9 Å². The minimum Gasteiger partial charge on any atom is -0.497 e. The Morgan fingerprint density at radius 1 is 1.25 bits per heavy atom. The Morgan fingerprint density at radius 3 is 2.71 bits per heavy atom. The number of aromatic amines is 1. The van der Waals surface area contributed by atoms with E-state index in [0.29, 0.717) is 16.1 Å². The number of nitrogen functional groups attached to an aromatic ring is 1. The standard InChI is InChI=1S/C20H21N3O4S/c1-27-13-9-5-6-11(10-13)16(24)17-15(21)14-18(25)22-20(26)23(19(14)28-17)12-7-3-2-4-8-12/h5-6,9-10,12H,2-4,7-8,21H2,1H3,(H,22,25,26). The van der Waals surface area contributed by atoms with Crippen molar-refractivity contribution in [2.75, 3.05) is 12.8 Å². The van der Waals surface area contributed by atoms with Crippen LogP contribution in [-0.2, 0) is 0 Å². The summed E-state index contributed by atoms with van der Waals surface area (Å²) >= 11 is 1.12. The predicted molar refractivity (Wildman–Crippen MR) is 110 cm³/mol. The number of hydrogen-bond acceptors (Lipinski definition) is 6. The molecule has 8 heteroatoms. The normalized spacial score (nSPS) is 15.0. The van der Waals surface area contributed by atoms with Crippen LogP contribution in [0.5, 0.6) is 5.75 Å². The Balaban J connectivity index is 1.90. The third-order valence-electron chi connectivity index (χ3n) is 5.29. The van der Waals surface area contributed by atoms with Gasteiger partial charge in [-0.15, -0.1) is 11.3 Å². The highest BCUT2D eigenvalue weighted by Crippen LogP contribution is 2.36. The number of anilines is 1. The van der Waals surface area contributed by atoms with Gasteiger partial charge in [0.1, 0.15) is 15.5 Å². The zero-order chi connectivity index (χ0) is 19.8. The Kier molecular flexibility index (Phi) is 4.80. The van der Waals surface area contributed by atoms with E-state index in [9.17, 15) is 14.4 Å². The Hall–Kier alpha value is -2.87. The van der Waals surface area contributed by atoms with E-state index < -0.39 is 11.2 Å². The zero-order valence-electron chi connectivity index (χ0n) is 15.5. The molecule has 1 aliphatic rings. The molecule has 1 fully saturated rings. The summed E-state index contributed by atoms with van der Waals surface area (Å²) in [7, 11) is 1.53. The molecule has 2 heterocycles. The number of H-pyrrole nitrogens is 1. The molecule has 1 saturated carbocycles. The van der Waals surface area contributed by atoms with Gasteiger partial charge in [0.05, 0.1) is 18.2 Å². The molecule has 2 aromatic heterocycles. The highest BCUT2D eigenvalue weighted by molar-refractivity contribution is 7.21. The fourth-order valence-corrected chi connectivity index (χ4v) is 5.12. The summed E-state index contributed by atoms with van der Waals surface area (Å²) in [5, 5.41) is 0.224. The van der Waals surface area contributed by atoms with Crippen molar-refractivity contribution in [2.24, 2.45) is 0 Å². The van der Waals surface area contributed by atoms with Crippen LogP contribution in [0, 0.1) is 0 Å². The van der Waals surface area contributed by atoms with Crippen molar-refractivity contribution in [1.29, 1.82) is 0 Å². The quantitative estimate of drug-likeness (QED) is 0.656. The van der Waals surface area contributed by atoms with Gasteiger partial charge >= 0.3 is 5.69 Å². The van der Waals surface area contributed by atoms with Gasteiger partial charge in [0.15, 0.2) is 0 Å². The fourth-order valence-electron chi connectivity index (χ4n) is 3.87. The van der Waals surface area contributed by atoms with E-state index in [1.165, 1.54) is 7.11 Å². The van der Waals surface area contributed by atoms with E-state index in [1.54, 1.807) is 28.8 Å². The lowest BCUT2D eigenvalue weighted by Gasteiger charge is -2.24. The lowest BCUT2D eigenvalue weighted by molar-refractivity contribution is 0.104. The molecule has 28 heavy (non-hydrogen) atoms. The van der Waals surface area contributed by atoms with Gasteiger partial charge in [-0.2, -0.15) is 0 Å². The monoisotopic (exact) mass is 399 g/mol. The van der Waals surface area contributed by atoms with E-state index in [1.807, 2.05) is 0 Å². The first-order chi connectivity index (χ1) is 13.5. The minimum atomic E-state index is -0.550. The third kappa shape index (κ3) is 3.03. The number of nitrogens with one attached hydrogen (secondary N) is 1. The maximum atomic E-state index is 13.1. The van der Waals surface area contributed by atoms with Gasteiger partial charge in [0, 0.05) is 11.6 Å². The average molecular weight is 399 g/mol. The maximum Gasteiger partial charge on any atom is 0.329 e. The van der Waals surface area contributed by atoms with Crippen LogP contribution in [0.25, 0.3) is 10.2 Å². The lowest BCUT2D eigenvalue weighted by Crippen LogP contribution is -2.33. The summed E-state index contributed by atoms with van der Waals surface area (Å²) in [6.07, 6.45) is 4.96. The molecule has 4 rings (SSSR count). The van der Waals surface area contributed by atoms with E-state index in [0.717, 1.165) is 43.4 Å². The van der Waals surface area contributed by atoms with Crippen molar-refractivity contribution in [3.63, 3.8) is 0 Å². The molecule has 0 bridgehead atoms. The summed E-state index contributed by atoms with van der Waals surface area (Å²) < 4.78 is 6.81. The number of ketones is 1. The molecular weight excluding hydrogens is 378 g/mol. The third-order valence-corrected chi connectivity index (χ3v) is 6.49. The highest BCUT2D eigenvalue weighted by Gasteiger charge is 2.26. The molecule has 7 nitrogen and oxygen atoms in total. The number of aromatic nitrogens is 2. The molecule has 0 atom stereocenters. The number of rotatable bonds is 4. The topological polar surface area (TPSA) is 107 Å². The molecule has 0 aliphatic heterocycles. The number of carbonyl (C=O) groups is 1. The summed E-state index contributed by atoms with van der Waals surface area (Å²) in [4.78, 5) is 41.2. The van der Waals surface area contributed by atoms with Crippen molar-refractivity contribution in [1.82, 2.24) is 9.55 Å². The molecule has 3 N–H and O–H groups in total. The van der Waals surface area contributed by atoms with Crippen LogP contribution in [0.4, 0.5) is 5.69 Å². The first-order valence-electron chi connectivity index (χ1n) is 9.26. The molecule has 0 saturated heterocycles. The largest absolute Gasteiger partial charge is 0.497 e. The summed E-state index contributed by atoms with van der Waals surface area (Å²) in [5.41, 5.74) is 5.77. The number of fused-ring (bicyclic) bond motifs is 1. The second-order valence-electron chi connectivity index (χ2n) is 7.01. The highest BCUT2D eigenvalue weighted by atomic mass is 32.1. The summed E-state index contributed by atoms with van der Waals surface area (Å²) in [5.74, 6) is 0.266. The number of nitrogens with two attached hydrogens (primary N) is 1. The van der Waals surface area contributed by atoms with Crippen molar-refractivity contribution in [2.45, 2.75) is 38.1 Å². The molecule has 1 aliphatic carbocycles. The summed E-state index contributed by atoms with van der Waals surface area (Å²) in [6, 6.07) is 6.78. The second-order valence-corrected chi connectivity index (χ2v) is 8.01. The molecule has 0 unspecified atom stereocenters. The van der Waals surface area contributed by atoms with Gasteiger partial charge in [-0.3, -0.25) is 19.1 Å². The molecule has 146 valence electrons. The number of carbonyl (C=O) groups excluding carboxylic acids is 1. The van der Waals surface area contributed by atoms with Crippen LogP contribution in [-0.4, -0.2) is 22.4 Å². The Morgan fingerprint density at radius 2 is 2.00 bits per heavy atom. The van der Waals surface area contributed by atoms with Crippen molar-refractivity contribution in [3.05, 3.63) is 55.5 Å². The molecular formula is C20H21N3O4S. The Bertz CT molecular complexity index is 1170. The van der Waals surface area contributed by atoms with Crippen LogP contribution in [0.1, 0.15) is 53.4 Å². The number of thiophene rings is 1. The average Bonchev–Trinajstić information content (AvgIpc) is 3.05. The SMILES string of the molecule is COc1cccc(C(=O)c2sc3c(c2N)c(=O)[nH]c(=O)n3C2CCCCC2)c1. The smallest absolute Gasteiger partial charge is 0.329 e. The molecule has 0 radical (unpaired) electrons. The van der Waals surface area contributed by atoms with Crippen LogP contribution < -0.4 is 21.7 Å². The van der Waals surface area contributed by atoms with E-state index in [-0.39, 0.29) is 27.8 Å². The second kappa shape index (κ2) is 7.27. The first kappa shape index (κ1) is 18.5.